The minimum absolute atomic E-state index is 0.267. The summed E-state index contributed by atoms with van der Waals surface area (Å²) in [5.41, 5.74) is 2.07. The van der Waals surface area contributed by atoms with Crippen LogP contribution in [0.25, 0.3) is 6.08 Å². The highest BCUT2D eigenvalue weighted by Gasteiger charge is 2.01. The standard InChI is InChI=1S/C13H19NO2/c1-4-15-13(16-5-2)9-8-12-7-6-11(3)14-10-12/h6-10,13H,4-5H2,1-3H3/b9-8+. The first-order chi connectivity index (χ1) is 7.76. The summed E-state index contributed by atoms with van der Waals surface area (Å²) in [5.74, 6) is 0. The molecule has 0 bridgehead atoms. The Kier molecular flexibility index (Phi) is 5.75. The summed E-state index contributed by atoms with van der Waals surface area (Å²) in [7, 11) is 0. The predicted octanol–water partition coefficient (Wildman–Crippen LogP) is 2.80. The molecule has 0 saturated heterocycles. The zero-order valence-electron chi connectivity index (χ0n) is 10.1. The summed E-state index contributed by atoms with van der Waals surface area (Å²) in [6.07, 6.45) is 5.43. The van der Waals surface area contributed by atoms with Crippen molar-refractivity contribution in [2.24, 2.45) is 0 Å². The van der Waals surface area contributed by atoms with E-state index in [4.69, 9.17) is 9.47 Å². The van der Waals surface area contributed by atoms with Gasteiger partial charge in [-0.1, -0.05) is 12.1 Å². The van der Waals surface area contributed by atoms with Gasteiger partial charge in [0.2, 0.25) is 0 Å². The highest BCUT2D eigenvalue weighted by Crippen LogP contribution is 2.05. The number of ether oxygens (including phenoxy) is 2. The zero-order valence-corrected chi connectivity index (χ0v) is 10.1. The van der Waals surface area contributed by atoms with Gasteiger partial charge in [-0.25, -0.2) is 0 Å². The topological polar surface area (TPSA) is 31.4 Å². The summed E-state index contributed by atoms with van der Waals surface area (Å²) in [6.45, 7) is 7.15. The quantitative estimate of drug-likeness (QED) is 0.692. The molecule has 0 radical (unpaired) electrons. The van der Waals surface area contributed by atoms with E-state index >= 15 is 0 Å². The van der Waals surface area contributed by atoms with Gasteiger partial charge in [0.15, 0.2) is 6.29 Å². The van der Waals surface area contributed by atoms with Crippen molar-refractivity contribution in [2.45, 2.75) is 27.1 Å². The van der Waals surface area contributed by atoms with Crippen LogP contribution < -0.4 is 0 Å². The molecule has 3 heteroatoms. The van der Waals surface area contributed by atoms with Crippen LogP contribution in [0.5, 0.6) is 0 Å². The molecule has 0 aliphatic heterocycles. The Hall–Kier alpha value is -1.19. The number of hydrogen-bond acceptors (Lipinski definition) is 3. The average Bonchev–Trinajstić information content (AvgIpc) is 2.29. The van der Waals surface area contributed by atoms with Gasteiger partial charge in [-0.15, -0.1) is 0 Å². The SMILES string of the molecule is CCOC(/C=C/c1ccc(C)nc1)OCC. The molecule has 0 aromatic carbocycles. The third-order valence-electron chi connectivity index (χ3n) is 2.04. The molecule has 0 saturated carbocycles. The van der Waals surface area contributed by atoms with E-state index < -0.39 is 0 Å². The highest BCUT2D eigenvalue weighted by atomic mass is 16.7. The first-order valence-electron chi connectivity index (χ1n) is 5.60. The summed E-state index contributed by atoms with van der Waals surface area (Å²) in [4.78, 5) is 4.22. The van der Waals surface area contributed by atoms with Crippen LogP contribution in [0.1, 0.15) is 25.1 Å². The smallest absolute Gasteiger partial charge is 0.177 e. The van der Waals surface area contributed by atoms with E-state index in [1.54, 1.807) is 0 Å². The highest BCUT2D eigenvalue weighted by molar-refractivity contribution is 5.48. The van der Waals surface area contributed by atoms with Gasteiger partial charge in [0.05, 0.1) is 0 Å². The molecular formula is C13H19NO2. The van der Waals surface area contributed by atoms with Crippen LogP contribution in [0.4, 0.5) is 0 Å². The Morgan fingerprint density at radius 2 is 1.94 bits per heavy atom. The fourth-order valence-corrected chi connectivity index (χ4v) is 1.26. The molecule has 3 nitrogen and oxygen atoms in total. The fraction of sp³-hybridized carbons (Fsp3) is 0.462. The molecule has 16 heavy (non-hydrogen) atoms. The van der Waals surface area contributed by atoms with Gasteiger partial charge >= 0.3 is 0 Å². The number of nitrogens with zero attached hydrogens (tertiary/aromatic N) is 1. The van der Waals surface area contributed by atoms with Crippen molar-refractivity contribution in [3.63, 3.8) is 0 Å². The molecule has 0 unspecified atom stereocenters. The van der Waals surface area contributed by atoms with Crippen LogP contribution in [0.3, 0.4) is 0 Å². The van der Waals surface area contributed by atoms with Gasteiger partial charge in [-0.05, 0) is 38.5 Å². The summed E-state index contributed by atoms with van der Waals surface area (Å²) in [6, 6.07) is 4.00. The van der Waals surface area contributed by atoms with Gasteiger partial charge in [0.25, 0.3) is 0 Å². The van der Waals surface area contributed by atoms with Crippen molar-refractivity contribution >= 4 is 6.08 Å². The largest absolute Gasteiger partial charge is 0.349 e. The molecule has 0 aliphatic rings. The van der Waals surface area contributed by atoms with E-state index in [2.05, 4.69) is 4.98 Å². The number of hydrogen-bond donors (Lipinski definition) is 0. The van der Waals surface area contributed by atoms with Crippen LogP contribution in [-0.2, 0) is 9.47 Å². The minimum Gasteiger partial charge on any atom is -0.349 e. The number of aromatic nitrogens is 1. The van der Waals surface area contributed by atoms with Gasteiger partial charge in [-0.2, -0.15) is 0 Å². The first-order valence-corrected chi connectivity index (χ1v) is 5.60. The van der Waals surface area contributed by atoms with E-state index in [-0.39, 0.29) is 6.29 Å². The molecule has 0 fully saturated rings. The van der Waals surface area contributed by atoms with Crippen molar-refractivity contribution in [1.29, 1.82) is 0 Å². The van der Waals surface area contributed by atoms with Crippen LogP contribution in [0.2, 0.25) is 0 Å². The van der Waals surface area contributed by atoms with Crippen molar-refractivity contribution in [2.75, 3.05) is 13.2 Å². The van der Waals surface area contributed by atoms with Crippen molar-refractivity contribution < 1.29 is 9.47 Å². The molecular weight excluding hydrogens is 202 g/mol. The average molecular weight is 221 g/mol. The van der Waals surface area contributed by atoms with Crippen LogP contribution in [-0.4, -0.2) is 24.5 Å². The normalized spacial score (nSPS) is 11.5. The fourth-order valence-electron chi connectivity index (χ4n) is 1.26. The summed E-state index contributed by atoms with van der Waals surface area (Å²) < 4.78 is 10.8. The Labute approximate surface area is 97.1 Å². The Morgan fingerprint density at radius 1 is 1.25 bits per heavy atom. The Bertz CT molecular complexity index is 313. The number of aryl methyl sites for hydroxylation is 1. The molecule has 1 heterocycles. The third-order valence-corrected chi connectivity index (χ3v) is 2.04. The summed E-state index contributed by atoms with van der Waals surface area (Å²) in [5, 5.41) is 0. The second kappa shape index (κ2) is 7.14. The third kappa shape index (κ3) is 4.55. The summed E-state index contributed by atoms with van der Waals surface area (Å²) >= 11 is 0. The Balaban J connectivity index is 2.58. The van der Waals surface area contributed by atoms with E-state index in [1.807, 2.05) is 51.3 Å². The lowest BCUT2D eigenvalue weighted by Crippen LogP contribution is -2.13. The second-order valence-electron chi connectivity index (χ2n) is 3.37. The molecule has 0 atom stereocenters. The molecule has 0 N–H and O–H groups in total. The number of pyridine rings is 1. The molecule has 88 valence electrons. The van der Waals surface area contributed by atoms with Crippen LogP contribution in [0.15, 0.2) is 24.4 Å². The van der Waals surface area contributed by atoms with Crippen molar-refractivity contribution in [3.8, 4) is 0 Å². The van der Waals surface area contributed by atoms with Gasteiger partial charge < -0.3 is 9.47 Å². The zero-order chi connectivity index (χ0) is 11.8. The molecule has 0 amide bonds. The minimum atomic E-state index is -0.267. The molecule has 1 aromatic rings. The molecule has 1 rings (SSSR count). The van der Waals surface area contributed by atoms with Crippen molar-refractivity contribution in [3.05, 3.63) is 35.7 Å². The monoisotopic (exact) mass is 221 g/mol. The van der Waals surface area contributed by atoms with E-state index in [0.29, 0.717) is 13.2 Å². The lowest BCUT2D eigenvalue weighted by molar-refractivity contribution is -0.103. The van der Waals surface area contributed by atoms with Gasteiger partial charge in [0.1, 0.15) is 0 Å². The van der Waals surface area contributed by atoms with E-state index in [9.17, 15) is 0 Å². The molecule has 1 aromatic heterocycles. The lowest BCUT2D eigenvalue weighted by Gasteiger charge is -2.12. The maximum Gasteiger partial charge on any atom is 0.177 e. The molecule has 0 spiro atoms. The van der Waals surface area contributed by atoms with Gasteiger partial charge in [-0.3, -0.25) is 4.98 Å². The van der Waals surface area contributed by atoms with E-state index in [1.165, 1.54) is 0 Å². The van der Waals surface area contributed by atoms with E-state index in [0.717, 1.165) is 11.3 Å². The first kappa shape index (κ1) is 12.9. The van der Waals surface area contributed by atoms with Gasteiger partial charge in [0, 0.05) is 25.1 Å². The van der Waals surface area contributed by atoms with Crippen LogP contribution >= 0.6 is 0 Å². The predicted molar refractivity (Wildman–Crippen MR) is 65.0 cm³/mol. The number of rotatable bonds is 6. The molecule has 0 aliphatic carbocycles. The van der Waals surface area contributed by atoms with Crippen molar-refractivity contribution in [1.82, 2.24) is 4.98 Å². The maximum absolute atomic E-state index is 5.40. The second-order valence-corrected chi connectivity index (χ2v) is 3.37. The van der Waals surface area contributed by atoms with Crippen LogP contribution in [0, 0.1) is 6.92 Å². The lowest BCUT2D eigenvalue weighted by atomic mass is 10.2. The maximum atomic E-state index is 5.40. The Morgan fingerprint density at radius 3 is 2.44 bits per heavy atom.